The van der Waals surface area contributed by atoms with Crippen LogP contribution in [0.15, 0.2) is 158 Å². The third kappa shape index (κ3) is 3.84. The SMILES string of the molecule is C=C/C=C1\C(=C/c2cccc(-c3ccc4ccc5ccccc5c4c3)c2)c2ccccc2C1(C)c1ccccc1. The van der Waals surface area contributed by atoms with Gasteiger partial charge in [0.15, 0.2) is 0 Å². The van der Waals surface area contributed by atoms with E-state index in [1.54, 1.807) is 0 Å². The molecule has 0 amide bonds. The fourth-order valence-corrected chi connectivity index (χ4v) is 6.48. The van der Waals surface area contributed by atoms with Crippen molar-refractivity contribution < 1.29 is 0 Å². The summed E-state index contributed by atoms with van der Waals surface area (Å²) in [4.78, 5) is 0. The zero-order chi connectivity index (χ0) is 27.1. The highest BCUT2D eigenvalue weighted by molar-refractivity contribution is 6.08. The van der Waals surface area contributed by atoms with Gasteiger partial charge in [-0.15, -0.1) is 0 Å². The number of fused-ring (bicyclic) bond motifs is 4. The van der Waals surface area contributed by atoms with Gasteiger partial charge in [0.1, 0.15) is 0 Å². The van der Waals surface area contributed by atoms with Gasteiger partial charge in [0.05, 0.1) is 0 Å². The van der Waals surface area contributed by atoms with Crippen LogP contribution in [0.25, 0.3) is 44.3 Å². The number of benzene rings is 6. The Morgan fingerprint density at radius 3 is 2.15 bits per heavy atom. The first-order chi connectivity index (χ1) is 19.7. The number of hydrogen-bond acceptors (Lipinski definition) is 0. The number of allylic oxidation sites excluding steroid dienone is 4. The van der Waals surface area contributed by atoms with E-state index >= 15 is 0 Å². The van der Waals surface area contributed by atoms with Crippen LogP contribution < -0.4 is 0 Å². The molecule has 1 aliphatic carbocycles. The zero-order valence-electron chi connectivity index (χ0n) is 22.6. The molecule has 6 aromatic rings. The van der Waals surface area contributed by atoms with Crippen molar-refractivity contribution in [3.8, 4) is 11.1 Å². The van der Waals surface area contributed by atoms with Crippen LogP contribution in [0.3, 0.4) is 0 Å². The summed E-state index contributed by atoms with van der Waals surface area (Å²) < 4.78 is 0. The Hall–Kier alpha value is -4.94. The molecule has 6 aromatic carbocycles. The van der Waals surface area contributed by atoms with E-state index in [1.165, 1.54) is 66.1 Å². The monoisotopic (exact) mass is 510 g/mol. The molecule has 1 unspecified atom stereocenters. The molecular formula is C40H30. The van der Waals surface area contributed by atoms with Crippen molar-refractivity contribution in [3.05, 3.63) is 180 Å². The van der Waals surface area contributed by atoms with Crippen molar-refractivity contribution in [1.82, 2.24) is 0 Å². The van der Waals surface area contributed by atoms with Gasteiger partial charge in [0.2, 0.25) is 0 Å². The molecule has 0 spiro atoms. The van der Waals surface area contributed by atoms with Crippen LogP contribution >= 0.6 is 0 Å². The first-order valence-corrected chi connectivity index (χ1v) is 13.9. The normalized spacial score (nSPS) is 18.4. The Bertz CT molecular complexity index is 1970. The number of rotatable bonds is 4. The molecular weight excluding hydrogens is 480 g/mol. The maximum Gasteiger partial charge on any atom is 0.0435 e. The summed E-state index contributed by atoms with van der Waals surface area (Å²) >= 11 is 0. The van der Waals surface area contributed by atoms with E-state index in [1.807, 2.05) is 6.08 Å². The Kier molecular flexibility index (Phi) is 5.83. The average molecular weight is 511 g/mol. The molecule has 0 heterocycles. The van der Waals surface area contributed by atoms with Gasteiger partial charge < -0.3 is 0 Å². The average Bonchev–Trinajstić information content (AvgIpc) is 3.25. The summed E-state index contributed by atoms with van der Waals surface area (Å²) in [5.74, 6) is 0. The molecule has 0 fully saturated rings. The summed E-state index contributed by atoms with van der Waals surface area (Å²) in [7, 11) is 0. The van der Waals surface area contributed by atoms with Crippen LogP contribution in [-0.2, 0) is 5.41 Å². The largest absolute Gasteiger partial charge is 0.0991 e. The lowest BCUT2D eigenvalue weighted by Gasteiger charge is -2.28. The van der Waals surface area contributed by atoms with Gasteiger partial charge >= 0.3 is 0 Å². The maximum absolute atomic E-state index is 4.08. The Morgan fingerprint density at radius 2 is 1.30 bits per heavy atom. The standard InChI is InChI=1S/C40H30/c1-3-12-38-37(35-19-9-10-20-39(35)40(38,2)33-16-5-4-6-17-33)26-28-13-11-15-31(25-28)32-24-23-30-22-21-29-14-7-8-18-34(29)36(30)27-32/h3-27H,1H2,2H3/b37-26-,38-12+. The molecule has 0 radical (unpaired) electrons. The van der Waals surface area contributed by atoms with Gasteiger partial charge in [0, 0.05) is 5.41 Å². The lowest BCUT2D eigenvalue weighted by Crippen LogP contribution is -2.22. The highest BCUT2D eigenvalue weighted by atomic mass is 14.4. The van der Waals surface area contributed by atoms with Gasteiger partial charge in [-0.2, -0.15) is 0 Å². The minimum atomic E-state index is -0.255. The van der Waals surface area contributed by atoms with Gasteiger partial charge in [-0.3, -0.25) is 0 Å². The second-order valence-corrected chi connectivity index (χ2v) is 10.8. The van der Waals surface area contributed by atoms with Crippen LogP contribution in [-0.4, -0.2) is 0 Å². The maximum atomic E-state index is 4.08. The van der Waals surface area contributed by atoms with Crippen molar-refractivity contribution in [1.29, 1.82) is 0 Å². The van der Waals surface area contributed by atoms with Crippen LogP contribution in [0.1, 0.15) is 29.2 Å². The summed E-state index contributed by atoms with van der Waals surface area (Å²) in [6.07, 6.45) is 6.46. The molecule has 0 aliphatic heterocycles. The van der Waals surface area contributed by atoms with E-state index in [4.69, 9.17) is 0 Å². The third-order valence-electron chi connectivity index (χ3n) is 8.50. The van der Waals surface area contributed by atoms with Gasteiger partial charge in [-0.05, 0) is 91.2 Å². The summed E-state index contributed by atoms with van der Waals surface area (Å²) in [5, 5.41) is 5.12. The molecule has 0 saturated carbocycles. The fraction of sp³-hybridized carbons (Fsp3) is 0.0500. The second-order valence-electron chi connectivity index (χ2n) is 10.8. The molecule has 40 heavy (non-hydrogen) atoms. The molecule has 1 atom stereocenters. The molecule has 0 bridgehead atoms. The smallest absolute Gasteiger partial charge is 0.0435 e. The molecule has 0 saturated heterocycles. The lowest BCUT2D eigenvalue weighted by molar-refractivity contribution is 0.715. The fourth-order valence-electron chi connectivity index (χ4n) is 6.48. The van der Waals surface area contributed by atoms with E-state index < -0.39 is 0 Å². The molecule has 0 aromatic heterocycles. The van der Waals surface area contributed by atoms with E-state index in [0.29, 0.717) is 0 Å². The van der Waals surface area contributed by atoms with Crippen molar-refractivity contribution in [2.45, 2.75) is 12.3 Å². The van der Waals surface area contributed by atoms with Gasteiger partial charge in [0.25, 0.3) is 0 Å². The van der Waals surface area contributed by atoms with E-state index in [0.717, 1.165) is 0 Å². The first-order valence-electron chi connectivity index (χ1n) is 13.9. The lowest BCUT2D eigenvalue weighted by atomic mass is 9.74. The van der Waals surface area contributed by atoms with Gasteiger partial charge in [-0.1, -0.05) is 140 Å². The molecule has 0 heteroatoms. The predicted octanol–water partition coefficient (Wildman–Crippen LogP) is 10.6. The van der Waals surface area contributed by atoms with Crippen LogP contribution in [0.2, 0.25) is 0 Å². The predicted molar refractivity (Wildman–Crippen MR) is 172 cm³/mol. The highest BCUT2D eigenvalue weighted by Gasteiger charge is 2.42. The molecule has 0 N–H and O–H groups in total. The third-order valence-corrected chi connectivity index (χ3v) is 8.50. The number of hydrogen-bond donors (Lipinski definition) is 0. The molecule has 190 valence electrons. The van der Waals surface area contributed by atoms with Crippen molar-refractivity contribution in [2.75, 3.05) is 0 Å². The summed E-state index contributed by atoms with van der Waals surface area (Å²) in [6.45, 7) is 6.42. The van der Waals surface area contributed by atoms with Crippen LogP contribution in [0.5, 0.6) is 0 Å². The van der Waals surface area contributed by atoms with Crippen molar-refractivity contribution in [2.24, 2.45) is 0 Å². The van der Waals surface area contributed by atoms with Crippen LogP contribution in [0.4, 0.5) is 0 Å². The molecule has 7 rings (SSSR count). The van der Waals surface area contributed by atoms with Crippen LogP contribution in [0, 0.1) is 0 Å². The summed E-state index contributed by atoms with van der Waals surface area (Å²) in [6, 6.07) is 48.4. The van der Waals surface area contributed by atoms with Crippen molar-refractivity contribution >= 4 is 33.2 Å². The Labute approximate surface area is 236 Å². The summed E-state index contributed by atoms with van der Waals surface area (Å²) in [5.41, 5.74) is 9.81. The first kappa shape index (κ1) is 24.1. The second kappa shape index (κ2) is 9.67. The zero-order valence-corrected chi connectivity index (χ0v) is 22.6. The minimum absolute atomic E-state index is 0.255. The Morgan fingerprint density at radius 1 is 0.600 bits per heavy atom. The van der Waals surface area contributed by atoms with E-state index in [9.17, 15) is 0 Å². The molecule has 1 aliphatic rings. The topological polar surface area (TPSA) is 0 Å². The van der Waals surface area contributed by atoms with Gasteiger partial charge in [-0.25, -0.2) is 0 Å². The quantitative estimate of drug-likeness (QED) is 0.207. The minimum Gasteiger partial charge on any atom is -0.0991 e. The van der Waals surface area contributed by atoms with E-state index in [-0.39, 0.29) is 5.41 Å². The molecule has 0 nitrogen and oxygen atoms in total. The van der Waals surface area contributed by atoms with Crippen molar-refractivity contribution in [3.63, 3.8) is 0 Å². The van der Waals surface area contributed by atoms with E-state index in [2.05, 4.69) is 159 Å². The Balaban J connectivity index is 1.37. The highest BCUT2D eigenvalue weighted by Crippen LogP contribution is 2.53.